The lowest BCUT2D eigenvalue weighted by molar-refractivity contribution is 0.0859. The van der Waals surface area contributed by atoms with Crippen LogP contribution in [-0.4, -0.2) is 11.6 Å². The average molecular weight is 273 g/mol. The minimum Gasteiger partial charge on any atom is -0.486 e. The Morgan fingerprint density at radius 2 is 1.85 bits per heavy atom. The van der Waals surface area contributed by atoms with Crippen molar-refractivity contribution in [1.29, 1.82) is 0 Å². The molecule has 0 bridgehead atoms. The lowest BCUT2D eigenvalue weighted by atomic mass is 9.83. The van der Waals surface area contributed by atoms with Gasteiger partial charge in [0.15, 0.2) is 0 Å². The van der Waals surface area contributed by atoms with Gasteiger partial charge >= 0.3 is 0 Å². The molecule has 1 aliphatic carbocycles. The van der Waals surface area contributed by atoms with Crippen LogP contribution in [0.2, 0.25) is 0 Å². The molecule has 20 heavy (non-hydrogen) atoms. The summed E-state index contributed by atoms with van der Waals surface area (Å²) in [5, 5.41) is 3.88. The van der Waals surface area contributed by atoms with Gasteiger partial charge in [-0.15, -0.1) is 0 Å². The van der Waals surface area contributed by atoms with Crippen LogP contribution >= 0.6 is 0 Å². The highest BCUT2D eigenvalue weighted by molar-refractivity contribution is 5.42. The van der Waals surface area contributed by atoms with Crippen molar-refractivity contribution in [3.63, 3.8) is 0 Å². The maximum Gasteiger partial charge on any atom is 0.125 e. The van der Waals surface area contributed by atoms with Gasteiger partial charge in [-0.2, -0.15) is 0 Å². The van der Waals surface area contributed by atoms with Crippen molar-refractivity contribution in [3.05, 3.63) is 29.8 Å². The van der Waals surface area contributed by atoms with E-state index in [0.29, 0.717) is 12.1 Å². The van der Waals surface area contributed by atoms with Crippen LogP contribution < -0.4 is 10.1 Å². The fourth-order valence-corrected chi connectivity index (χ4v) is 3.79. The molecule has 0 aromatic heterocycles. The van der Waals surface area contributed by atoms with Gasteiger partial charge in [0.05, 0.1) is 6.04 Å². The third-order valence-corrected chi connectivity index (χ3v) is 5.12. The second-order valence-electron chi connectivity index (χ2n) is 6.97. The molecule has 2 nitrogen and oxygen atoms in total. The van der Waals surface area contributed by atoms with Crippen LogP contribution in [0.4, 0.5) is 0 Å². The molecule has 1 aliphatic heterocycles. The summed E-state index contributed by atoms with van der Waals surface area (Å²) in [5.41, 5.74) is 1.18. The van der Waals surface area contributed by atoms with Crippen LogP contribution in [0.25, 0.3) is 0 Å². The Bertz CT molecular complexity index is 460. The highest BCUT2D eigenvalue weighted by Gasteiger charge is 2.42. The molecule has 1 aromatic carbocycles. The number of benzene rings is 1. The molecule has 2 heteroatoms. The van der Waals surface area contributed by atoms with Crippen LogP contribution in [0.15, 0.2) is 24.3 Å². The molecule has 3 rings (SSSR count). The van der Waals surface area contributed by atoms with Crippen molar-refractivity contribution < 1.29 is 4.74 Å². The van der Waals surface area contributed by atoms with Gasteiger partial charge in [-0.25, -0.2) is 0 Å². The van der Waals surface area contributed by atoms with Crippen LogP contribution in [0, 0.1) is 5.92 Å². The normalized spacial score (nSPS) is 31.6. The van der Waals surface area contributed by atoms with Crippen LogP contribution in [-0.2, 0) is 0 Å². The maximum absolute atomic E-state index is 6.13. The van der Waals surface area contributed by atoms with Crippen molar-refractivity contribution in [2.24, 2.45) is 5.92 Å². The summed E-state index contributed by atoms with van der Waals surface area (Å²) in [6.45, 7) is 6.72. The third-order valence-electron chi connectivity index (χ3n) is 5.12. The lowest BCUT2D eigenvalue weighted by Gasteiger charge is -2.34. The molecule has 0 saturated heterocycles. The predicted molar refractivity (Wildman–Crippen MR) is 83.1 cm³/mol. The number of hydrogen-bond acceptors (Lipinski definition) is 2. The molecule has 1 fully saturated rings. The average Bonchev–Trinajstić information content (AvgIpc) is 2.70. The van der Waals surface area contributed by atoms with Crippen LogP contribution in [0.3, 0.4) is 0 Å². The topological polar surface area (TPSA) is 21.3 Å². The van der Waals surface area contributed by atoms with E-state index in [4.69, 9.17) is 4.74 Å². The van der Waals surface area contributed by atoms with E-state index >= 15 is 0 Å². The molecule has 0 radical (unpaired) electrons. The van der Waals surface area contributed by atoms with E-state index in [1.807, 2.05) is 0 Å². The second-order valence-corrected chi connectivity index (χ2v) is 6.97. The summed E-state index contributed by atoms with van der Waals surface area (Å²) >= 11 is 0. The molecular formula is C18H27NO. The summed E-state index contributed by atoms with van der Waals surface area (Å²) in [6.07, 6.45) is 6.72. The van der Waals surface area contributed by atoms with E-state index in [9.17, 15) is 0 Å². The monoisotopic (exact) mass is 273 g/mol. The first kappa shape index (κ1) is 13.9. The number of fused-ring (bicyclic) bond motifs is 1. The van der Waals surface area contributed by atoms with Gasteiger partial charge in [-0.05, 0) is 51.5 Å². The van der Waals surface area contributed by atoms with E-state index in [0.717, 1.165) is 11.7 Å². The first-order chi connectivity index (χ1) is 9.60. The molecular weight excluding hydrogens is 246 g/mol. The minimum atomic E-state index is -0.148. The lowest BCUT2D eigenvalue weighted by Crippen LogP contribution is -2.44. The van der Waals surface area contributed by atoms with Gasteiger partial charge in [0.2, 0.25) is 0 Å². The van der Waals surface area contributed by atoms with Crippen molar-refractivity contribution in [3.8, 4) is 5.75 Å². The highest BCUT2D eigenvalue weighted by atomic mass is 16.5. The number of ether oxygens (including phenoxy) is 1. The van der Waals surface area contributed by atoms with E-state index in [1.165, 1.54) is 37.7 Å². The summed E-state index contributed by atoms with van der Waals surface area (Å²) in [7, 11) is 0. The van der Waals surface area contributed by atoms with Gasteiger partial charge in [-0.3, -0.25) is 0 Å². The maximum atomic E-state index is 6.13. The molecule has 0 amide bonds. The standard InChI is InChI=1S/C18H27NO/c1-4-13-9-11-14(12-10-13)19-17-15-7-5-6-8-16(15)20-18(17,2)3/h5-8,13-14,17,19H,4,9-12H2,1-3H3. The van der Waals surface area contributed by atoms with Crippen molar-refractivity contribution >= 4 is 0 Å². The molecule has 2 aliphatic rings. The van der Waals surface area contributed by atoms with Crippen LogP contribution in [0.5, 0.6) is 5.75 Å². The van der Waals surface area contributed by atoms with E-state index in [2.05, 4.69) is 50.4 Å². The summed E-state index contributed by atoms with van der Waals surface area (Å²) < 4.78 is 6.13. The Morgan fingerprint density at radius 1 is 1.15 bits per heavy atom. The fraction of sp³-hybridized carbons (Fsp3) is 0.667. The van der Waals surface area contributed by atoms with Gasteiger partial charge in [0.25, 0.3) is 0 Å². The van der Waals surface area contributed by atoms with Gasteiger partial charge < -0.3 is 10.1 Å². The van der Waals surface area contributed by atoms with E-state index < -0.39 is 0 Å². The summed E-state index contributed by atoms with van der Waals surface area (Å²) in [5.74, 6) is 2.01. The van der Waals surface area contributed by atoms with E-state index in [-0.39, 0.29) is 5.60 Å². The third kappa shape index (κ3) is 2.58. The first-order valence-corrected chi connectivity index (χ1v) is 8.14. The smallest absolute Gasteiger partial charge is 0.125 e. The van der Waals surface area contributed by atoms with Gasteiger partial charge in [-0.1, -0.05) is 31.5 Å². The van der Waals surface area contributed by atoms with Crippen molar-refractivity contribution in [1.82, 2.24) is 5.32 Å². The SMILES string of the molecule is CCC1CCC(NC2c3ccccc3OC2(C)C)CC1. The molecule has 1 unspecified atom stereocenters. The van der Waals surface area contributed by atoms with Crippen molar-refractivity contribution in [2.45, 2.75) is 70.6 Å². The Kier molecular flexibility index (Phi) is 3.76. The summed E-state index contributed by atoms with van der Waals surface area (Å²) in [4.78, 5) is 0. The number of para-hydroxylation sites is 1. The molecule has 0 spiro atoms. The van der Waals surface area contributed by atoms with E-state index in [1.54, 1.807) is 0 Å². The largest absolute Gasteiger partial charge is 0.486 e. The van der Waals surface area contributed by atoms with Crippen LogP contribution in [0.1, 0.15) is 64.5 Å². The van der Waals surface area contributed by atoms with Crippen molar-refractivity contribution in [2.75, 3.05) is 0 Å². The zero-order valence-electron chi connectivity index (χ0n) is 13.0. The number of hydrogen-bond donors (Lipinski definition) is 1. The first-order valence-electron chi connectivity index (χ1n) is 8.14. The fourth-order valence-electron chi connectivity index (χ4n) is 3.79. The highest BCUT2D eigenvalue weighted by Crippen LogP contribution is 2.43. The summed E-state index contributed by atoms with van der Waals surface area (Å²) in [6, 6.07) is 9.45. The zero-order chi connectivity index (χ0) is 14.2. The Labute approximate surface area is 122 Å². The molecule has 1 saturated carbocycles. The quantitative estimate of drug-likeness (QED) is 0.878. The Balaban J connectivity index is 1.70. The van der Waals surface area contributed by atoms with Gasteiger partial charge in [0.1, 0.15) is 11.4 Å². The number of nitrogens with one attached hydrogen (secondary N) is 1. The number of rotatable bonds is 3. The molecule has 1 aromatic rings. The molecule has 1 N–H and O–H groups in total. The molecule has 110 valence electrons. The Morgan fingerprint density at radius 3 is 2.55 bits per heavy atom. The zero-order valence-corrected chi connectivity index (χ0v) is 13.0. The second kappa shape index (κ2) is 5.40. The van der Waals surface area contributed by atoms with Gasteiger partial charge in [0, 0.05) is 11.6 Å². The molecule has 1 atom stereocenters. The molecule has 1 heterocycles. The minimum absolute atomic E-state index is 0.148. The predicted octanol–water partition coefficient (Wildman–Crippen LogP) is 4.46. The Hall–Kier alpha value is -1.02.